The number of methoxy groups -OCH3 is 1. The number of rotatable bonds is 12. The minimum absolute atomic E-state index is 0.0785. The first-order valence-electron chi connectivity index (χ1n) is 19.7. The first kappa shape index (κ1) is 37.6. The lowest BCUT2D eigenvalue weighted by Crippen LogP contribution is -2.65. The molecular formula is C40H53F2N5O6S. The summed E-state index contributed by atoms with van der Waals surface area (Å²) in [5.41, 5.74) is -1.33. The molecule has 0 aromatic heterocycles. The normalized spacial score (nSPS) is 27.0. The molecule has 4 aliphatic heterocycles. The number of carbonyl (C=O) groups is 2. The van der Waals surface area contributed by atoms with Gasteiger partial charge in [-0.25, -0.2) is 22.0 Å². The Bertz CT molecular complexity index is 1820. The Morgan fingerprint density at radius 2 is 1.67 bits per heavy atom. The molecule has 2 N–H and O–H groups in total. The number of alkyl halides is 1. The van der Waals surface area contributed by atoms with Crippen LogP contribution in [0.5, 0.6) is 0 Å². The van der Waals surface area contributed by atoms with Gasteiger partial charge in [-0.1, -0.05) is 18.6 Å². The molecule has 54 heavy (non-hydrogen) atoms. The van der Waals surface area contributed by atoms with Crippen LogP contribution in [-0.2, 0) is 24.8 Å². The molecule has 4 saturated heterocycles. The number of sulfone groups is 1. The van der Waals surface area contributed by atoms with Gasteiger partial charge in [-0.15, -0.1) is 0 Å². The molecule has 2 aliphatic carbocycles. The standard InChI is InChI=1S/C40H53F2N5O6S/c1-53-37(49)43-35-8-3-7-34(35)40(27-44-17-4-18-44,29-5-2-6-30(41)21-29)28-13-19-45(20-14-28)24-38(42)25-47(26-38)31-9-11-32(12-10-31)54(51,52)33-22-46(23-33)36(48)39(50)15-16-39/h2,5-6,9-12,21,28,33-35,50H,3-4,7-8,13-20,22-27H2,1H3,(H,43,49)/t34-,35-,40?/m0/s1. The molecule has 0 bridgehead atoms. The molecule has 6 aliphatic rings. The van der Waals surface area contributed by atoms with Crippen molar-refractivity contribution in [2.75, 3.05) is 77.5 Å². The lowest BCUT2D eigenvalue weighted by Gasteiger charge is -2.54. The van der Waals surface area contributed by atoms with E-state index >= 15 is 4.39 Å². The van der Waals surface area contributed by atoms with E-state index in [2.05, 4.69) is 21.2 Å². The van der Waals surface area contributed by atoms with E-state index < -0.39 is 32.5 Å². The van der Waals surface area contributed by atoms with Crippen molar-refractivity contribution in [1.29, 1.82) is 0 Å². The summed E-state index contributed by atoms with van der Waals surface area (Å²) in [7, 11) is -2.26. The van der Waals surface area contributed by atoms with Gasteiger partial charge in [0.15, 0.2) is 15.5 Å². The predicted molar refractivity (Wildman–Crippen MR) is 199 cm³/mol. The number of hydrogen-bond acceptors (Lipinski definition) is 9. The average Bonchev–Trinajstić information content (AvgIpc) is 3.70. The van der Waals surface area contributed by atoms with Gasteiger partial charge in [0.05, 0.1) is 25.1 Å². The van der Waals surface area contributed by atoms with Crippen molar-refractivity contribution in [3.05, 3.63) is 59.9 Å². The van der Waals surface area contributed by atoms with Gasteiger partial charge in [0.2, 0.25) is 0 Å². The van der Waals surface area contributed by atoms with Crippen molar-refractivity contribution in [1.82, 2.24) is 20.0 Å². The molecule has 0 radical (unpaired) electrons. The van der Waals surface area contributed by atoms with Crippen LogP contribution in [0.2, 0.25) is 0 Å². The highest BCUT2D eigenvalue weighted by Gasteiger charge is 2.55. The number of ether oxygens (including phenoxy) is 1. The first-order chi connectivity index (χ1) is 25.8. The molecule has 11 nitrogen and oxygen atoms in total. The van der Waals surface area contributed by atoms with Gasteiger partial charge in [-0.05, 0) is 125 Å². The Labute approximate surface area is 316 Å². The number of amides is 2. The number of nitrogens with zero attached hydrogens (tertiary/aromatic N) is 4. The largest absolute Gasteiger partial charge is 0.453 e. The molecule has 2 aromatic rings. The molecule has 6 fully saturated rings. The van der Waals surface area contributed by atoms with Gasteiger partial charge >= 0.3 is 6.09 Å². The Kier molecular flexibility index (Phi) is 9.96. The maximum absolute atomic E-state index is 16.2. The lowest BCUT2D eigenvalue weighted by atomic mass is 9.57. The molecule has 294 valence electrons. The van der Waals surface area contributed by atoms with E-state index in [9.17, 15) is 27.5 Å². The van der Waals surface area contributed by atoms with Crippen molar-refractivity contribution in [3.63, 3.8) is 0 Å². The summed E-state index contributed by atoms with van der Waals surface area (Å²) >= 11 is 0. The summed E-state index contributed by atoms with van der Waals surface area (Å²) in [6.07, 6.45) is 5.99. The molecule has 1 unspecified atom stereocenters. The van der Waals surface area contributed by atoms with E-state index in [4.69, 9.17) is 4.74 Å². The number of likely N-dealkylation sites (tertiary alicyclic amines) is 3. The predicted octanol–water partition coefficient (Wildman–Crippen LogP) is 3.74. The fourth-order valence-electron chi connectivity index (χ4n) is 10.1. The third-order valence-electron chi connectivity index (χ3n) is 13.5. The summed E-state index contributed by atoms with van der Waals surface area (Å²) in [6.45, 7) is 5.17. The zero-order valence-electron chi connectivity index (χ0n) is 31.1. The molecule has 2 amide bonds. The first-order valence-corrected chi connectivity index (χ1v) is 21.2. The molecular weight excluding hydrogens is 717 g/mol. The number of anilines is 1. The summed E-state index contributed by atoms with van der Waals surface area (Å²) in [4.78, 5) is 33.0. The number of nitrogens with one attached hydrogen (secondary N) is 1. The van der Waals surface area contributed by atoms with Gasteiger partial charge < -0.3 is 29.9 Å². The van der Waals surface area contributed by atoms with E-state index in [-0.39, 0.29) is 66.1 Å². The number of hydrogen-bond donors (Lipinski definition) is 2. The fourth-order valence-corrected chi connectivity index (χ4v) is 11.8. The minimum atomic E-state index is -3.64. The van der Waals surface area contributed by atoms with Gasteiger partial charge in [-0.2, -0.15) is 0 Å². The Hall–Kier alpha value is -3.33. The van der Waals surface area contributed by atoms with E-state index in [0.717, 1.165) is 82.5 Å². The maximum atomic E-state index is 16.2. The number of alkyl carbamates (subject to hydrolysis) is 1. The second kappa shape index (κ2) is 14.3. The molecule has 8 rings (SSSR count). The van der Waals surface area contributed by atoms with Crippen LogP contribution in [0.1, 0.15) is 56.9 Å². The SMILES string of the molecule is COC(=O)N[C@H]1CCC[C@@H]1C(CN1CCC1)(c1cccc(F)c1)C1CCN(CC2(F)CN(c3ccc(S(=O)(=O)C4CN(C(=O)C5(O)CC5)C4)cc3)C2)CC1. The van der Waals surface area contributed by atoms with Crippen molar-refractivity contribution in [3.8, 4) is 0 Å². The molecule has 3 atom stereocenters. The Balaban J connectivity index is 0.902. The van der Waals surface area contributed by atoms with Crippen LogP contribution in [0.4, 0.5) is 19.3 Å². The number of halogens is 2. The van der Waals surface area contributed by atoms with Crippen LogP contribution in [0, 0.1) is 17.7 Å². The second-order valence-electron chi connectivity index (χ2n) is 16.9. The van der Waals surface area contributed by atoms with Crippen LogP contribution in [0.3, 0.4) is 0 Å². The Morgan fingerprint density at radius 1 is 0.963 bits per heavy atom. The summed E-state index contributed by atoms with van der Waals surface area (Å²) < 4.78 is 62.7. The third-order valence-corrected chi connectivity index (χ3v) is 15.6. The fraction of sp³-hybridized carbons (Fsp3) is 0.650. The zero-order valence-corrected chi connectivity index (χ0v) is 31.9. The van der Waals surface area contributed by atoms with Crippen LogP contribution < -0.4 is 10.2 Å². The van der Waals surface area contributed by atoms with Crippen molar-refractivity contribution < 1.29 is 36.6 Å². The van der Waals surface area contributed by atoms with Crippen LogP contribution in [-0.4, -0.2) is 135 Å². The monoisotopic (exact) mass is 769 g/mol. The quantitative estimate of drug-likeness (QED) is 0.333. The second-order valence-corrected chi connectivity index (χ2v) is 19.1. The highest BCUT2D eigenvalue weighted by Crippen LogP contribution is 2.52. The molecule has 14 heteroatoms. The molecule has 4 heterocycles. The third kappa shape index (κ3) is 7.00. The summed E-state index contributed by atoms with van der Waals surface area (Å²) in [5.74, 6) is -0.310. The zero-order chi connectivity index (χ0) is 37.9. The smallest absolute Gasteiger partial charge is 0.407 e. The number of aliphatic hydroxyl groups is 1. The van der Waals surface area contributed by atoms with Crippen LogP contribution in [0.25, 0.3) is 0 Å². The lowest BCUT2D eigenvalue weighted by molar-refractivity contribution is -0.145. The minimum Gasteiger partial charge on any atom is -0.453 e. The van der Waals surface area contributed by atoms with Crippen molar-refractivity contribution in [2.45, 2.75) is 84.2 Å². The van der Waals surface area contributed by atoms with Gasteiger partial charge in [0.25, 0.3) is 5.91 Å². The van der Waals surface area contributed by atoms with Crippen molar-refractivity contribution in [2.24, 2.45) is 11.8 Å². The highest BCUT2D eigenvalue weighted by molar-refractivity contribution is 7.92. The number of benzene rings is 2. The molecule has 0 spiro atoms. The summed E-state index contributed by atoms with van der Waals surface area (Å²) in [6, 6.07) is 13.6. The molecule has 2 aromatic carbocycles. The summed E-state index contributed by atoms with van der Waals surface area (Å²) in [5, 5.41) is 12.5. The molecule has 2 saturated carbocycles. The Morgan fingerprint density at radius 3 is 2.28 bits per heavy atom. The van der Waals surface area contributed by atoms with Crippen LogP contribution in [0.15, 0.2) is 53.4 Å². The van der Waals surface area contributed by atoms with E-state index in [1.165, 1.54) is 18.1 Å². The topological polar surface area (TPSA) is 123 Å². The van der Waals surface area contributed by atoms with Gasteiger partial charge in [-0.3, -0.25) is 9.69 Å². The number of piperidine rings is 1. The maximum Gasteiger partial charge on any atom is 0.407 e. The van der Waals surface area contributed by atoms with Gasteiger partial charge in [0.1, 0.15) is 16.7 Å². The average molecular weight is 770 g/mol. The van der Waals surface area contributed by atoms with E-state index in [1.54, 1.807) is 36.4 Å². The highest BCUT2D eigenvalue weighted by atomic mass is 32.2. The van der Waals surface area contributed by atoms with Gasteiger partial charge in [0, 0.05) is 43.3 Å². The van der Waals surface area contributed by atoms with E-state index in [0.29, 0.717) is 19.4 Å². The van der Waals surface area contributed by atoms with Crippen LogP contribution >= 0.6 is 0 Å². The number of carbonyl (C=O) groups excluding carboxylic acids is 2. The van der Waals surface area contributed by atoms with E-state index in [1.807, 2.05) is 4.90 Å². The van der Waals surface area contributed by atoms with Crippen molar-refractivity contribution >= 4 is 27.5 Å².